The number of hydrogen-bond acceptors (Lipinski definition) is 7. The summed E-state index contributed by atoms with van der Waals surface area (Å²) in [5.41, 5.74) is 1.24. The summed E-state index contributed by atoms with van der Waals surface area (Å²) in [7, 11) is 0. The molecule has 0 bridgehead atoms. The number of piperazine rings is 1. The predicted octanol–water partition coefficient (Wildman–Crippen LogP) is 2.53. The smallest absolute Gasteiger partial charge is 0.276 e. The van der Waals surface area contributed by atoms with E-state index in [1.54, 1.807) is 17.1 Å². The van der Waals surface area contributed by atoms with Gasteiger partial charge in [-0.05, 0) is 37.1 Å². The highest BCUT2D eigenvalue weighted by Crippen LogP contribution is 2.24. The van der Waals surface area contributed by atoms with Crippen LogP contribution in [0.25, 0.3) is 5.69 Å². The molecule has 1 aromatic carbocycles. The summed E-state index contributed by atoms with van der Waals surface area (Å²) in [6.45, 7) is 3.57. The Balaban J connectivity index is 1.13. The largest absolute Gasteiger partial charge is 0.486 e. The number of amides is 1. The van der Waals surface area contributed by atoms with Crippen molar-refractivity contribution in [2.75, 3.05) is 26.2 Å². The fourth-order valence-corrected chi connectivity index (χ4v) is 4.39. The number of aromatic nitrogens is 4. The summed E-state index contributed by atoms with van der Waals surface area (Å²) < 4.78 is 12.8. The van der Waals surface area contributed by atoms with Gasteiger partial charge in [-0.2, -0.15) is 5.10 Å². The SMILES string of the molecule is O=C(c1cc(COc2ccc(-n3cncn3)cc2)on1)N1CCN(C2CCCC2)CC1. The van der Waals surface area contributed by atoms with Crippen LogP contribution in [0.3, 0.4) is 0 Å². The molecule has 3 heterocycles. The van der Waals surface area contributed by atoms with Gasteiger partial charge >= 0.3 is 0 Å². The van der Waals surface area contributed by atoms with Crippen LogP contribution < -0.4 is 4.74 Å². The molecule has 2 fully saturated rings. The van der Waals surface area contributed by atoms with Crippen molar-refractivity contribution in [3.8, 4) is 11.4 Å². The molecule has 0 unspecified atom stereocenters. The molecule has 2 aromatic heterocycles. The van der Waals surface area contributed by atoms with Crippen molar-refractivity contribution in [1.29, 1.82) is 0 Å². The van der Waals surface area contributed by atoms with Crippen molar-refractivity contribution in [3.05, 3.63) is 54.4 Å². The van der Waals surface area contributed by atoms with Crippen LogP contribution in [0.5, 0.6) is 5.75 Å². The van der Waals surface area contributed by atoms with Gasteiger partial charge in [-0.15, -0.1) is 0 Å². The molecular weight excluding hydrogens is 396 g/mol. The lowest BCUT2D eigenvalue weighted by atomic mass is 10.1. The van der Waals surface area contributed by atoms with Gasteiger partial charge in [-0.25, -0.2) is 9.67 Å². The number of hydrogen-bond donors (Lipinski definition) is 0. The maximum atomic E-state index is 12.8. The number of carbonyl (C=O) groups is 1. The molecule has 0 N–H and O–H groups in total. The van der Waals surface area contributed by atoms with Crippen LogP contribution in [0, 0.1) is 0 Å². The number of rotatable bonds is 6. The van der Waals surface area contributed by atoms with Crippen LogP contribution in [-0.2, 0) is 6.61 Å². The van der Waals surface area contributed by atoms with Crippen LogP contribution >= 0.6 is 0 Å². The van der Waals surface area contributed by atoms with E-state index in [-0.39, 0.29) is 12.5 Å². The minimum absolute atomic E-state index is 0.0711. The van der Waals surface area contributed by atoms with E-state index in [4.69, 9.17) is 9.26 Å². The Hall–Kier alpha value is -3.20. The van der Waals surface area contributed by atoms with Crippen molar-refractivity contribution in [1.82, 2.24) is 29.7 Å². The van der Waals surface area contributed by atoms with Gasteiger partial charge in [0, 0.05) is 38.3 Å². The molecule has 31 heavy (non-hydrogen) atoms. The summed E-state index contributed by atoms with van der Waals surface area (Å²) in [5.74, 6) is 1.14. The number of ether oxygens (including phenoxy) is 1. The zero-order chi connectivity index (χ0) is 21.0. The second-order valence-electron chi connectivity index (χ2n) is 8.07. The molecule has 1 saturated heterocycles. The molecule has 1 aliphatic heterocycles. The minimum atomic E-state index is -0.0711. The Bertz CT molecular complexity index is 987. The van der Waals surface area contributed by atoms with Gasteiger partial charge < -0.3 is 14.2 Å². The molecule has 9 nitrogen and oxygen atoms in total. The molecule has 0 atom stereocenters. The third kappa shape index (κ3) is 4.46. The normalized spacial score (nSPS) is 17.9. The molecule has 0 spiro atoms. The lowest BCUT2D eigenvalue weighted by Gasteiger charge is -2.37. The second kappa shape index (κ2) is 8.89. The molecule has 2 aliphatic rings. The molecule has 5 rings (SSSR count). The van der Waals surface area contributed by atoms with Crippen LogP contribution in [0.2, 0.25) is 0 Å². The van der Waals surface area contributed by atoms with E-state index < -0.39 is 0 Å². The Kier molecular flexibility index (Phi) is 5.66. The van der Waals surface area contributed by atoms with E-state index in [2.05, 4.69) is 20.1 Å². The van der Waals surface area contributed by atoms with E-state index in [9.17, 15) is 4.79 Å². The lowest BCUT2D eigenvalue weighted by molar-refractivity contribution is 0.0564. The summed E-state index contributed by atoms with van der Waals surface area (Å²) in [6, 6.07) is 9.87. The molecule has 3 aromatic rings. The molecule has 162 valence electrons. The second-order valence-corrected chi connectivity index (χ2v) is 8.07. The summed E-state index contributed by atoms with van der Waals surface area (Å²) in [4.78, 5) is 21.1. The average Bonchev–Trinajstić information content (AvgIpc) is 3.60. The van der Waals surface area contributed by atoms with Crippen molar-refractivity contribution < 1.29 is 14.1 Å². The highest BCUT2D eigenvalue weighted by atomic mass is 16.5. The topological polar surface area (TPSA) is 89.5 Å². The first-order chi connectivity index (χ1) is 15.3. The van der Waals surface area contributed by atoms with E-state index in [0.717, 1.165) is 31.9 Å². The van der Waals surface area contributed by atoms with Crippen LogP contribution in [0.1, 0.15) is 41.9 Å². The number of carbonyl (C=O) groups excluding carboxylic acids is 1. The third-order valence-electron chi connectivity index (χ3n) is 6.12. The quantitative estimate of drug-likeness (QED) is 0.603. The lowest BCUT2D eigenvalue weighted by Crippen LogP contribution is -2.51. The monoisotopic (exact) mass is 422 g/mol. The summed E-state index contributed by atoms with van der Waals surface area (Å²) in [5, 5.41) is 8.06. The Labute approximate surface area is 180 Å². The van der Waals surface area contributed by atoms with Gasteiger partial charge in [0.15, 0.2) is 11.5 Å². The van der Waals surface area contributed by atoms with Crippen molar-refractivity contribution in [2.45, 2.75) is 38.3 Å². The fourth-order valence-electron chi connectivity index (χ4n) is 4.39. The predicted molar refractivity (Wildman–Crippen MR) is 112 cm³/mol. The summed E-state index contributed by atoms with van der Waals surface area (Å²) in [6.07, 6.45) is 8.38. The van der Waals surface area contributed by atoms with Gasteiger partial charge in [-0.1, -0.05) is 18.0 Å². The highest BCUT2D eigenvalue weighted by Gasteiger charge is 2.29. The molecule has 0 radical (unpaired) electrons. The molecular formula is C22H26N6O3. The fraction of sp³-hybridized carbons (Fsp3) is 0.455. The Morgan fingerprint density at radius 1 is 1.10 bits per heavy atom. The number of nitrogens with zero attached hydrogens (tertiary/aromatic N) is 6. The van der Waals surface area contributed by atoms with E-state index >= 15 is 0 Å². The maximum Gasteiger partial charge on any atom is 0.276 e. The molecule has 9 heteroatoms. The standard InChI is InChI=1S/C22H26N6O3/c29-22(27-11-9-26(10-12-27)17-3-1-2-4-17)21-13-20(31-25-21)14-30-19-7-5-18(6-8-19)28-16-23-15-24-28/h5-8,13,15-17H,1-4,9-12,14H2. The van der Waals surface area contributed by atoms with Crippen LogP contribution in [0.15, 0.2) is 47.5 Å². The molecule has 1 aliphatic carbocycles. The van der Waals surface area contributed by atoms with Gasteiger partial charge in [-0.3, -0.25) is 9.69 Å². The first-order valence-electron chi connectivity index (χ1n) is 10.8. The van der Waals surface area contributed by atoms with E-state index in [1.807, 2.05) is 29.2 Å². The van der Waals surface area contributed by atoms with Crippen LogP contribution in [-0.4, -0.2) is 67.8 Å². The minimum Gasteiger partial charge on any atom is -0.486 e. The first-order valence-corrected chi connectivity index (χ1v) is 10.8. The number of benzene rings is 1. The third-order valence-corrected chi connectivity index (χ3v) is 6.12. The molecule has 1 amide bonds. The maximum absolute atomic E-state index is 12.8. The van der Waals surface area contributed by atoms with Gasteiger partial charge in [0.1, 0.15) is 25.0 Å². The van der Waals surface area contributed by atoms with E-state index in [0.29, 0.717) is 23.2 Å². The Morgan fingerprint density at radius 2 is 1.87 bits per heavy atom. The van der Waals surface area contributed by atoms with Gasteiger partial charge in [0.25, 0.3) is 5.91 Å². The zero-order valence-corrected chi connectivity index (χ0v) is 17.4. The van der Waals surface area contributed by atoms with E-state index in [1.165, 1.54) is 32.0 Å². The zero-order valence-electron chi connectivity index (χ0n) is 17.4. The van der Waals surface area contributed by atoms with Gasteiger partial charge in [0.2, 0.25) is 0 Å². The highest BCUT2D eigenvalue weighted by molar-refractivity contribution is 5.92. The van der Waals surface area contributed by atoms with Crippen LogP contribution in [0.4, 0.5) is 0 Å². The van der Waals surface area contributed by atoms with Gasteiger partial charge in [0.05, 0.1) is 5.69 Å². The Morgan fingerprint density at radius 3 is 2.58 bits per heavy atom. The average molecular weight is 422 g/mol. The summed E-state index contributed by atoms with van der Waals surface area (Å²) >= 11 is 0. The van der Waals surface area contributed by atoms with Crippen molar-refractivity contribution in [3.63, 3.8) is 0 Å². The van der Waals surface area contributed by atoms with Crippen molar-refractivity contribution in [2.24, 2.45) is 0 Å². The van der Waals surface area contributed by atoms with Crippen molar-refractivity contribution >= 4 is 5.91 Å². The first kappa shape index (κ1) is 19.7. The molecule has 1 saturated carbocycles.